The van der Waals surface area contributed by atoms with Crippen molar-refractivity contribution in [3.63, 3.8) is 0 Å². The number of carbonyl (C=O) groups is 1. The molecule has 5 heteroatoms. The predicted octanol–water partition coefficient (Wildman–Crippen LogP) is -0.319. The maximum Gasteiger partial charge on any atom is 0.314 e. The molecule has 16 heavy (non-hydrogen) atoms. The lowest BCUT2D eigenvalue weighted by molar-refractivity contribution is -0.177. The topological polar surface area (TPSA) is 67.8 Å². The van der Waals surface area contributed by atoms with Gasteiger partial charge >= 0.3 is 5.97 Å². The first-order valence-corrected chi connectivity index (χ1v) is 5.74. The molecule has 2 saturated heterocycles. The number of aliphatic hydroxyl groups is 1. The van der Waals surface area contributed by atoms with Crippen LogP contribution < -0.4 is 5.32 Å². The van der Waals surface area contributed by atoms with Gasteiger partial charge in [-0.15, -0.1) is 0 Å². The molecule has 2 heterocycles. The lowest BCUT2D eigenvalue weighted by atomic mass is 9.65. The van der Waals surface area contributed by atoms with Gasteiger partial charge in [-0.2, -0.15) is 0 Å². The van der Waals surface area contributed by atoms with Crippen LogP contribution in [0.1, 0.15) is 19.3 Å². The summed E-state index contributed by atoms with van der Waals surface area (Å²) in [4.78, 5) is 12.0. The standard InChI is InChI=1S/C11H19NO4/c1-15-9(13)10(2-5-12-6-3-10)11(14)4-7-16-8-11/h12,14H,2-8H2,1H3. The maximum absolute atomic E-state index is 12.0. The lowest BCUT2D eigenvalue weighted by Gasteiger charge is -2.44. The van der Waals surface area contributed by atoms with E-state index < -0.39 is 11.0 Å². The molecule has 0 amide bonds. The van der Waals surface area contributed by atoms with Gasteiger partial charge in [-0.05, 0) is 25.9 Å². The second-order valence-corrected chi connectivity index (χ2v) is 4.66. The van der Waals surface area contributed by atoms with E-state index in [0.717, 1.165) is 13.1 Å². The summed E-state index contributed by atoms with van der Waals surface area (Å²) in [7, 11) is 1.38. The fourth-order valence-electron chi connectivity index (χ4n) is 2.84. The minimum absolute atomic E-state index is 0.238. The summed E-state index contributed by atoms with van der Waals surface area (Å²) in [6.45, 7) is 2.22. The normalized spacial score (nSPS) is 33.6. The summed E-state index contributed by atoms with van der Waals surface area (Å²) in [6.07, 6.45) is 1.74. The molecule has 5 nitrogen and oxygen atoms in total. The van der Waals surface area contributed by atoms with Crippen molar-refractivity contribution in [3.8, 4) is 0 Å². The molecule has 0 saturated carbocycles. The summed E-state index contributed by atoms with van der Waals surface area (Å²) in [5.74, 6) is -0.304. The molecule has 0 spiro atoms. The van der Waals surface area contributed by atoms with Crippen LogP contribution in [-0.2, 0) is 14.3 Å². The summed E-state index contributed by atoms with van der Waals surface area (Å²) in [5, 5.41) is 13.8. The maximum atomic E-state index is 12.0. The van der Waals surface area contributed by atoms with Crippen LogP contribution >= 0.6 is 0 Å². The molecule has 2 aliphatic heterocycles. The van der Waals surface area contributed by atoms with E-state index >= 15 is 0 Å². The SMILES string of the molecule is COC(=O)C1(C2(O)CCOC2)CCNCC1. The minimum atomic E-state index is -1.05. The van der Waals surface area contributed by atoms with Gasteiger partial charge in [0.05, 0.1) is 13.7 Å². The highest BCUT2D eigenvalue weighted by Gasteiger charge is 2.58. The number of piperidine rings is 1. The van der Waals surface area contributed by atoms with E-state index in [2.05, 4.69) is 5.32 Å². The van der Waals surface area contributed by atoms with Gasteiger partial charge in [0.1, 0.15) is 11.0 Å². The first-order chi connectivity index (χ1) is 7.65. The quantitative estimate of drug-likeness (QED) is 0.635. The zero-order chi connectivity index (χ0) is 11.6. The highest BCUT2D eigenvalue weighted by molar-refractivity contribution is 5.78. The van der Waals surface area contributed by atoms with Crippen molar-refractivity contribution in [1.82, 2.24) is 5.32 Å². The molecule has 2 rings (SSSR count). The van der Waals surface area contributed by atoms with Gasteiger partial charge in [0.2, 0.25) is 0 Å². The second-order valence-electron chi connectivity index (χ2n) is 4.66. The van der Waals surface area contributed by atoms with Crippen molar-refractivity contribution < 1.29 is 19.4 Å². The van der Waals surface area contributed by atoms with Gasteiger partial charge in [-0.25, -0.2) is 0 Å². The highest BCUT2D eigenvalue weighted by atomic mass is 16.5. The second kappa shape index (κ2) is 4.31. The largest absolute Gasteiger partial charge is 0.469 e. The van der Waals surface area contributed by atoms with Gasteiger partial charge in [0.25, 0.3) is 0 Å². The zero-order valence-electron chi connectivity index (χ0n) is 9.62. The van der Waals surface area contributed by atoms with Crippen LogP contribution in [0.2, 0.25) is 0 Å². The number of rotatable bonds is 2. The van der Waals surface area contributed by atoms with E-state index in [1.165, 1.54) is 7.11 Å². The third kappa shape index (κ3) is 1.63. The molecule has 2 fully saturated rings. The molecule has 0 radical (unpaired) electrons. The summed E-state index contributed by atoms with van der Waals surface area (Å²) in [6, 6.07) is 0. The molecular formula is C11H19NO4. The summed E-state index contributed by atoms with van der Waals surface area (Å²) >= 11 is 0. The Hall–Kier alpha value is -0.650. The molecule has 2 N–H and O–H groups in total. The Morgan fingerprint density at radius 3 is 2.56 bits per heavy atom. The van der Waals surface area contributed by atoms with Crippen LogP contribution in [-0.4, -0.2) is 50.1 Å². The van der Waals surface area contributed by atoms with Gasteiger partial charge in [0.15, 0.2) is 0 Å². The van der Waals surface area contributed by atoms with Gasteiger partial charge in [-0.3, -0.25) is 4.79 Å². The van der Waals surface area contributed by atoms with Crippen molar-refractivity contribution in [2.75, 3.05) is 33.4 Å². The van der Waals surface area contributed by atoms with Crippen LogP contribution in [0.3, 0.4) is 0 Å². The van der Waals surface area contributed by atoms with Crippen molar-refractivity contribution in [3.05, 3.63) is 0 Å². The van der Waals surface area contributed by atoms with Crippen LogP contribution in [0.15, 0.2) is 0 Å². The number of nitrogens with one attached hydrogen (secondary N) is 1. The van der Waals surface area contributed by atoms with Gasteiger partial charge in [0, 0.05) is 13.0 Å². The Balaban J connectivity index is 2.28. The van der Waals surface area contributed by atoms with Crippen LogP contribution in [0.25, 0.3) is 0 Å². The Bertz CT molecular complexity index is 267. The molecule has 0 aromatic carbocycles. The molecule has 92 valence electrons. The molecule has 0 aromatic rings. The molecule has 2 aliphatic rings. The smallest absolute Gasteiger partial charge is 0.314 e. The Labute approximate surface area is 95.1 Å². The van der Waals surface area contributed by atoms with Crippen molar-refractivity contribution in [1.29, 1.82) is 0 Å². The first-order valence-electron chi connectivity index (χ1n) is 5.74. The van der Waals surface area contributed by atoms with Gasteiger partial charge in [-0.1, -0.05) is 0 Å². The number of carbonyl (C=O) groups excluding carboxylic acids is 1. The third-order valence-electron chi connectivity index (χ3n) is 3.92. The van der Waals surface area contributed by atoms with Crippen molar-refractivity contribution in [2.45, 2.75) is 24.9 Å². The van der Waals surface area contributed by atoms with Crippen LogP contribution in [0.4, 0.5) is 0 Å². The fourth-order valence-corrected chi connectivity index (χ4v) is 2.84. The van der Waals surface area contributed by atoms with E-state index in [4.69, 9.17) is 9.47 Å². The van der Waals surface area contributed by atoms with E-state index in [9.17, 15) is 9.90 Å². The van der Waals surface area contributed by atoms with Crippen molar-refractivity contribution in [2.24, 2.45) is 5.41 Å². The minimum Gasteiger partial charge on any atom is -0.469 e. The lowest BCUT2D eigenvalue weighted by Crippen LogP contribution is -2.58. The molecule has 0 aromatic heterocycles. The molecule has 0 bridgehead atoms. The number of hydrogen-bond acceptors (Lipinski definition) is 5. The van der Waals surface area contributed by atoms with E-state index in [1.54, 1.807) is 0 Å². The number of ether oxygens (including phenoxy) is 2. The number of esters is 1. The van der Waals surface area contributed by atoms with Crippen LogP contribution in [0, 0.1) is 5.41 Å². The summed E-state index contributed by atoms with van der Waals surface area (Å²) < 4.78 is 10.1. The molecule has 0 aliphatic carbocycles. The Morgan fingerprint density at radius 2 is 2.06 bits per heavy atom. The molecule has 1 unspecified atom stereocenters. The van der Waals surface area contributed by atoms with Gasteiger partial charge < -0.3 is 19.9 Å². The number of methoxy groups -OCH3 is 1. The number of hydrogen-bond donors (Lipinski definition) is 2. The summed E-state index contributed by atoms with van der Waals surface area (Å²) in [5.41, 5.74) is -1.84. The first kappa shape index (κ1) is 11.8. The van der Waals surface area contributed by atoms with E-state index in [0.29, 0.717) is 25.9 Å². The van der Waals surface area contributed by atoms with Crippen molar-refractivity contribution >= 4 is 5.97 Å². The monoisotopic (exact) mass is 229 g/mol. The molecule has 1 atom stereocenters. The third-order valence-corrected chi connectivity index (χ3v) is 3.92. The van der Waals surface area contributed by atoms with E-state index in [1.807, 2.05) is 0 Å². The predicted molar refractivity (Wildman–Crippen MR) is 56.9 cm³/mol. The Kier molecular flexibility index (Phi) is 3.19. The van der Waals surface area contributed by atoms with E-state index in [-0.39, 0.29) is 12.6 Å². The average molecular weight is 229 g/mol. The fraction of sp³-hybridized carbons (Fsp3) is 0.909. The Morgan fingerprint density at radius 1 is 1.38 bits per heavy atom. The van der Waals surface area contributed by atoms with Crippen LogP contribution in [0.5, 0.6) is 0 Å². The zero-order valence-corrected chi connectivity index (χ0v) is 9.62. The molecular weight excluding hydrogens is 210 g/mol. The highest BCUT2D eigenvalue weighted by Crippen LogP contribution is 2.45. The average Bonchev–Trinajstić information content (AvgIpc) is 2.77.